The highest BCUT2D eigenvalue weighted by Gasteiger charge is 2.14. The fourth-order valence-corrected chi connectivity index (χ4v) is 2.04. The van der Waals surface area contributed by atoms with E-state index in [1.165, 1.54) is 0 Å². The van der Waals surface area contributed by atoms with E-state index in [4.69, 9.17) is 9.15 Å². The van der Waals surface area contributed by atoms with Crippen molar-refractivity contribution in [2.24, 2.45) is 0 Å². The van der Waals surface area contributed by atoms with E-state index in [1.54, 1.807) is 6.07 Å². The van der Waals surface area contributed by atoms with Gasteiger partial charge in [-0.3, -0.25) is 0 Å². The molecule has 2 rings (SSSR count). The summed E-state index contributed by atoms with van der Waals surface area (Å²) in [5, 5.41) is 5.65. The van der Waals surface area contributed by atoms with Crippen LogP contribution in [0.2, 0.25) is 0 Å². The van der Waals surface area contributed by atoms with Crippen molar-refractivity contribution >= 4 is 11.7 Å². The molecule has 1 unspecified atom stereocenters. The summed E-state index contributed by atoms with van der Waals surface area (Å²) < 4.78 is 11.2. The van der Waals surface area contributed by atoms with Gasteiger partial charge in [0.25, 0.3) is 0 Å². The summed E-state index contributed by atoms with van der Waals surface area (Å²) in [6.07, 6.45) is 0.0380. The lowest BCUT2D eigenvalue weighted by Gasteiger charge is -2.16. The predicted molar refractivity (Wildman–Crippen MR) is 86.2 cm³/mol. The Labute approximate surface area is 130 Å². The molecule has 1 atom stereocenters. The summed E-state index contributed by atoms with van der Waals surface area (Å²) in [5.41, 5.74) is 0.636. The van der Waals surface area contributed by atoms with Crippen molar-refractivity contribution in [3.8, 4) is 5.75 Å². The molecule has 1 aromatic carbocycles. The van der Waals surface area contributed by atoms with Crippen molar-refractivity contribution < 1.29 is 13.9 Å². The molecule has 1 aromatic heterocycles. The number of ether oxygens (including phenoxy) is 1. The second-order valence-corrected chi connectivity index (χ2v) is 5.43. The SMILES string of the molecule is Cc1ccc(C(C)NC(=O)Nc2ccccc2OC(C)C)o1. The molecule has 0 aliphatic rings. The number of para-hydroxylation sites is 2. The van der Waals surface area contributed by atoms with Gasteiger partial charge in [0.1, 0.15) is 17.3 Å². The summed E-state index contributed by atoms with van der Waals surface area (Å²) in [4.78, 5) is 12.1. The number of urea groups is 1. The first-order valence-electron chi connectivity index (χ1n) is 7.35. The van der Waals surface area contributed by atoms with Crippen LogP contribution < -0.4 is 15.4 Å². The number of benzene rings is 1. The zero-order valence-corrected chi connectivity index (χ0v) is 13.3. The monoisotopic (exact) mass is 302 g/mol. The lowest BCUT2D eigenvalue weighted by Crippen LogP contribution is -2.31. The van der Waals surface area contributed by atoms with Crippen LogP contribution in [0.1, 0.15) is 38.3 Å². The van der Waals surface area contributed by atoms with E-state index >= 15 is 0 Å². The Hall–Kier alpha value is -2.43. The topological polar surface area (TPSA) is 63.5 Å². The molecule has 2 amide bonds. The molecular weight excluding hydrogens is 280 g/mol. The minimum absolute atomic E-state index is 0.0380. The number of amides is 2. The number of aryl methyl sites for hydroxylation is 1. The number of hydrogen-bond donors (Lipinski definition) is 2. The third kappa shape index (κ3) is 4.28. The van der Waals surface area contributed by atoms with Crippen LogP contribution in [0.5, 0.6) is 5.75 Å². The molecule has 5 heteroatoms. The van der Waals surface area contributed by atoms with Gasteiger partial charge < -0.3 is 19.8 Å². The molecule has 0 aliphatic carbocycles. The zero-order chi connectivity index (χ0) is 16.1. The maximum Gasteiger partial charge on any atom is 0.319 e. The van der Waals surface area contributed by atoms with Crippen molar-refractivity contribution in [2.45, 2.75) is 39.8 Å². The fraction of sp³-hybridized carbons (Fsp3) is 0.353. The van der Waals surface area contributed by atoms with E-state index in [0.29, 0.717) is 11.4 Å². The number of furan rings is 1. The second kappa shape index (κ2) is 7.02. The number of carbonyl (C=O) groups is 1. The minimum atomic E-state index is -0.304. The Morgan fingerprint density at radius 3 is 2.50 bits per heavy atom. The Balaban J connectivity index is 2.00. The van der Waals surface area contributed by atoms with Crippen LogP contribution in [0.15, 0.2) is 40.8 Å². The van der Waals surface area contributed by atoms with Gasteiger partial charge in [-0.15, -0.1) is 0 Å². The molecule has 0 aliphatic heterocycles. The third-order valence-electron chi connectivity index (χ3n) is 3.03. The van der Waals surface area contributed by atoms with Crippen molar-refractivity contribution in [3.05, 3.63) is 47.9 Å². The summed E-state index contributed by atoms with van der Waals surface area (Å²) in [6.45, 7) is 7.63. The van der Waals surface area contributed by atoms with Crippen molar-refractivity contribution in [1.82, 2.24) is 5.32 Å². The van der Waals surface area contributed by atoms with Gasteiger partial charge in [0, 0.05) is 0 Å². The van der Waals surface area contributed by atoms with Crippen molar-refractivity contribution in [3.63, 3.8) is 0 Å². The lowest BCUT2D eigenvalue weighted by molar-refractivity contribution is 0.240. The van der Waals surface area contributed by atoms with Crippen LogP contribution in [0.3, 0.4) is 0 Å². The highest BCUT2D eigenvalue weighted by atomic mass is 16.5. The van der Waals surface area contributed by atoms with Crippen LogP contribution in [0.4, 0.5) is 10.5 Å². The fourth-order valence-electron chi connectivity index (χ4n) is 2.04. The van der Waals surface area contributed by atoms with Gasteiger partial charge in [0.05, 0.1) is 17.8 Å². The van der Waals surface area contributed by atoms with E-state index in [1.807, 2.05) is 58.0 Å². The van der Waals surface area contributed by atoms with Crippen molar-refractivity contribution in [2.75, 3.05) is 5.32 Å². The summed E-state index contributed by atoms with van der Waals surface area (Å²) in [6, 6.07) is 10.6. The van der Waals surface area contributed by atoms with Gasteiger partial charge in [-0.1, -0.05) is 12.1 Å². The maximum atomic E-state index is 12.1. The van der Waals surface area contributed by atoms with Gasteiger partial charge in [-0.05, 0) is 52.0 Å². The zero-order valence-electron chi connectivity index (χ0n) is 13.3. The normalized spacial score (nSPS) is 12.0. The molecule has 22 heavy (non-hydrogen) atoms. The molecule has 5 nitrogen and oxygen atoms in total. The molecular formula is C17H22N2O3. The Morgan fingerprint density at radius 2 is 1.86 bits per heavy atom. The third-order valence-corrected chi connectivity index (χ3v) is 3.03. The number of anilines is 1. The molecule has 0 spiro atoms. The van der Waals surface area contributed by atoms with Crippen LogP contribution in [0, 0.1) is 6.92 Å². The number of hydrogen-bond acceptors (Lipinski definition) is 3. The molecule has 1 heterocycles. The van der Waals surface area contributed by atoms with Gasteiger partial charge >= 0.3 is 6.03 Å². The smallest absolute Gasteiger partial charge is 0.319 e. The Morgan fingerprint density at radius 1 is 1.14 bits per heavy atom. The van der Waals surface area contributed by atoms with Crippen LogP contribution in [0.25, 0.3) is 0 Å². The second-order valence-electron chi connectivity index (χ2n) is 5.43. The largest absolute Gasteiger partial charge is 0.489 e. The molecule has 2 aromatic rings. The summed E-state index contributed by atoms with van der Waals surface area (Å²) in [7, 11) is 0. The van der Waals surface area contributed by atoms with Gasteiger partial charge in [-0.25, -0.2) is 4.79 Å². The maximum absolute atomic E-state index is 12.1. The Bertz CT molecular complexity index is 634. The van der Waals surface area contributed by atoms with E-state index in [2.05, 4.69) is 10.6 Å². The van der Waals surface area contributed by atoms with Crippen molar-refractivity contribution in [1.29, 1.82) is 0 Å². The molecule has 0 bridgehead atoms. The van der Waals surface area contributed by atoms with Crippen LogP contribution >= 0.6 is 0 Å². The van der Waals surface area contributed by atoms with Gasteiger partial charge in [0.15, 0.2) is 0 Å². The van der Waals surface area contributed by atoms with E-state index in [0.717, 1.165) is 11.5 Å². The van der Waals surface area contributed by atoms with E-state index in [-0.39, 0.29) is 18.2 Å². The van der Waals surface area contributed by atoms with E-state index in [9.17, 15) is 4.79 Å². The number of nitrogens with one attached hydrogen (secondary N) is 2. The van der Waals surface area contributed by atoms with Crippen LogP contribution in [-0.2, 0) is 0 Å². The van der Waals surface area contributed by atoms with Crippen LogP contribution in [-0.4, -0.2) is 12.1 Å². The summed E-state index contributed by atoms with van der Waals surface area (Å²) >= 11 is 0. The quantitative estimate of drug-likeness (QED) is 0.867. The highest BCUT2D eigenvalue weighted by Crippen LogP contribution is 2.25. The lowest BCUT2D eigenvalue weighted by atomic mass is 10.2. The molecule has 0 saturated carbocycles. The Kier molecular flexibility index (Phi) is 5.09. The number of carbonyl (C=O) groups excluding carboxylic acids is 1. The predicted octanol–water partition coefficient (Wildman–Crippen LogP) is 4.26. The molecule has 2 N–H and O–H groups in total. The average molecular weight is 302 g/mol. The number of rotatable bonds is 5. The standard InChI is InChI=1S/C17H22N2O3/c1-11(2)21-16-8-6-5-7-14(16)19-17(20)18-13(4)15-10-9-12(3)22-15/h5-11,13H,1-4H3,(H2,18,19,20). The molecule has 0 radical (unpaired) electrons. The molecule has 0 fully saturated rings. The average Bonchev–Trinajstić information content (AvgIpc) is 2.87. The highest BCUT2D eigenvalue weighted by molar-refractivity contribution is 5.91. The first kappa shape index (κ1) is 15.9. The molecule has 0 saturated heterocycles. The van der Waals surface area contributed by atoms with Gasteiger partial charge in [-0.2, -0.15) is 0 Å². The first-order valence-corrected chi connectivity index (χ1v) is 7.35. The van der Waals surface area contributed by atoms with E-state index < -0.39 is 0 Å². The van der Waals surface area contributed by atoms with Gasteiger partial charge in [0.2, 0.25) is 0 Å². The minimum Gasteiger partial charge on any atom is -0.489 e. The summed E-state index contributed by atoms with van der Waals surface area (Å²) in [5.74, 6) is 2.19. The first-order chi connectivity index (χ1) is 10.5. The molecule has 118 valence electrons.